The number of imide groups is 1. The van der Waals surface area contributed by atoms with Crippen molar-refractivity contribution < 1.29 is 38.1 Å². The smallest absolute Gasteiger partial charge is 0.326 e. The lowest BCUT2D eigenvalue weighted by molar-refractivity contribution is -0.146. The zero-order valence-electron chi connectivity index (χ0n) is 17.8. The molecule has 10 nitrogen and oxygen atoms in total. The third kappa shape index (κ3) is 5.80. The van der Waals surface area contributed by atoms with Gasteiger partial charge in [-0.05, 0) is 42.5 Å². The summed E-state index contributed by atoms with van der Waals surface area (Å²) in [4.78, 5) is 51.2. The third-order valence-corrected chi connectivity index (χ3v) is 5.57. The van der Waals surface area contributed by atoms with Gasteiger partial charge in [-0.15, -0.1) is 0 Å². The summed E-state index contributed by atoms with van der Waals surface area (Å²) in [5.74, 6) is -0.607. The minimum absolute atomic E-state index is 0.136. The number of hydrogen-bond donors (Lipinski definition) is 0. The number of thioether (sulfide) groups is 1. The van der Waals surface area contributed by atoms with E-state index in [1.165, 1.54) is 13.2 Å². The molecule has 0 N–H and O–H groups in total. The lowest BCUT2D eigenvalue weighted by atomic mass is 10.2. The fourth-order valence-electron chi connectivity index (χ4n) is 3.06. The first-order valence-corrected chi connectivity index (χ1v) is 10.8. The van der Waals surface area contributed by atoms with Gasteiger partial charge in [-0.1, -0.05) is 6.07 Å². The molecule has 0 aromatic heterocycles. The van der Waals surface area contributed by atoms with Crippen molar-refractivity contribution in [2.45, 2.75) is 6.92 Å². The Hall–Kier alpha value is -3.05. The average Bonchev–Trinajstić information content (AvgIpc) is 3.05. The van der Waals surface area contributed by atoms with Crippen molar-refractivity contribution >= 4 is 40.9 Å². The molecule has 3 rings (SSSR count). The molecule has 0 aliphatic carbocycles. The van der Waals surface area contributed by atoms with Crippen LogP contribution in [0.1, 0.15) is 12.5 Å². The molecule has 0 saturated carbocycles. The summed E-state index contributed by atoms with van der Waals surface area (Å²) in [5.41, 5.74) is 0.593. The number of carbonyl (C=O) groups excluding carboxylic acids is 4. The summed E-state index contributed by atoms with van der Waals surface area (Å²) in [6.07, 6.45) is 1.53. The number of ether oxygens (including phenoxy) is 4. The number of benzene rings is 1. The van der Waals surface area contributed by atoms with Crippen molar-refractivity contribution in [3.05, 3.63) is 28.7 Å². The molecule has 0 radical (unpaired) electrons. The van der Waals surface area contributed by atoms with Gasteiger partial charge in [0, 0.05) is 13.1 Å². The van der Waals surface area contributed by atoms with E-state index in [0.717, 1.165) is 16.7 Å². The highest BCUT2D eigenvalue weighted by atomic mass is 32.2. The summed E-state index contributed by atoms with van der Waals surface area (Å²) < 4.78 is 21.0. The van der Waals surface area contributed by atoms with Crippen LogP contribution in [0.4, 0.5) is 4.79 Å². The largest absolute Gasteiger partial charge is 0.493 e. The van der Waals surface area contributed by atoms with Crippen LogP contribution in [0, 0.1) is 0 Å². The molecule has 0 spiro atoms. The fourth-order valence-corrected chi connectivity index (χ4v) is 3.90. The predicted octanol–water partition coefficient (Wildman–Crippen LogP) is 1.53. The zero-order chi connectivity index (χ0) is 23.1. The first-order valence-electron chi connectivity index (χ1n) is 10.00. The van der Waals surface area contributed by atoms with Crippen molar-refractivity contribution in [3.63, 3.8) is 0 Å². The van der Waals surface area contributed by atoms with Crippen molar-refractivity contribution in [1.82, 2.24) is 9.80 Å². The van der Waals surface area contributed by atoms with Gasteiger partial charge in [0.15, 0.2) is 18.1 Å². The fraction of sp³-hybridized carbons (Fsp3) is 0.429. The number of hydrogen-bond acceptors (Lipinski definition) is 9. The van der Waals surface area contributed by atoms with E-state index in [0.29, 0.717) is 43.4 Å². The van der Waals surface area contributed by atoms with Crippen molar-refractivity contribution in [3.8, 4) is 11.5 Å². The molecule has 0 atom stereocenters. The summed E-state index contributed by atoms with van der Waals surface area (Å²) in [7, 11) is 1.46. The van der Waals surface area contributed by atoms with Crippen LogP contribution in [0.5, 0.6) is 11.5 Å². The third-order valence-electron chi connectivity index (χ3n) is 4.67. The van der Waals surface area contributed by atoms with Gasteiger partial charge in [0.05, 0.1) is 31.8 Å². The number of amides is 3. The molecule has 0 unspecified atom stereocenters. The predicted molar refractivity (Wildman–Crippen MR) is 115 cm³/mol. The SMILES string of the molecule is CCOC(=O)CN1C(=O)S/C(=C\c2ccc(OCC(=O)N3CCOCC3)c(OC)c2)C1=O. The molecular weight excluding hydrogens is 440 g/mol. The number of nitrogens with zero attached hydrogens (tertiary/aromatic N) is 2. The summed E-state index contributed by atoms with van der Waals surface area (Å²) >= 11 is 0.743. The van der Waals surface area contributed by atoms with Crippen LogP contribution < -0.4 is 9.47 Å². The minimum Gasteiger partial charge on any atom is -0.493 e. The van der Waals surface area contributed by atoms with Crippen LogP contribution in [0.3, 0.4) is 0 Å². The Morgan fingerprint density at radius 2 is 1.94 bits per heavy atom. The van der Waals surface area contributed by atoms with Gasteiger partial charge in [0.2, 0.25) is 0 Å². The van der Waals surface area contributed by atoms with Crippen LogP contribution in [0.2, 0.25) is 0 Å². The van der Waals surface area contributed by atoms with E-state index in [4.69, 9.17) is 18.9 Å². The summed E-state index contributed by atoms with van der Waals surface area (Å²) in [6, 6.07) is 4.93. The Bertz CT molecular complexity index is 926. The minimum atomic E-state index is -0.647. The molecular formula is C21H24N2O8S. The molecule has 2 aliphatic heterocycles. The summed E-state index contributed by atoms with van der Waals surface area (Å²) in [6.45, 7) is 3.32. The molecule has 3 amide bonds. The topological polar surface area (TPSA) is 112 Å². The van der Waals surface area contributed by atoms with E-state index in [2.05, 4.69) is 0 Å². The average molecular weight is 464 g/mol. The second-order valence-corrected chi connectivity index (χ2v) is 7.76. The maximum atomic E-state index is 12.5. The number of morpholine rings is 1. The van der Waals surface area contributed by atoms with Crippen molar-refractivity contribution in [2.24, 2.45) is 0 Å². The molecule has 2 saturated heterocycles. The molecule has 2 heterocycles. The van der Waals surface area contributed by atoms with Crippen LogP contribution in [-0.4, -0.2) is 86.0 Å². The van der Waals surface area contributed by atoms with E-state index in [9.17, 15) is 19.2 Å². The Labute approximate surface area is 189 Å². The number of carbonyl (C=O) groups is 4. The van der Waals surface area contributed by atoms with Gasteiger partial charge in [0.25, 0.3) is 17.1 Å². The van der Waals surface area contributed by atoms with Crippen LogP contribution >= 0.6 is 11.8 Å². The van der Waals surface area contributed by atoms with E-state index in [-0.39, 0.29) is 24.0 Å². The van der Waals surface area contributed by atoms with E-state index in [1.54, 1.807) is 30.0 Å². The van der Waals surface area contributed by atoms with Gasteiger partial charge in [-0.3, -0.25) is 24.1 Å². The van der Waals surface area contributed by atoms with E-state index < -0.39 is 23.7 Å². The molecule has 11 heteroatoms. The van der Waals surface area contributed by atoms with Gasteiger partial charge < -0.3 is 23.8 Å². The molecule has 1 aromatic carbocycles. The second kappa shape index (κ2) is 11.0. The second-order valence-electron chi connectivity index (χ2n) is 6.77. The lowest BCUT2D eigenvalue weighted by Gasteiger charge is -2.26. The number of methoxy groups -OCH3 is 1. The van der Waals surface area contributed by atoms with Gasteiger partial charge in [0.1, 0.15) is 6.54 Å². The van der Waals surface area contributed by atoms with E-state index in [1.807, 2.05) is 0 Å². The highest BCUT2D eigenvalue weighted by Crippen LogP contribution is 2.34. The molecule has 0 bridgehead atoms. The van der Waals surface area contributed by atoms with Crippen LogP contribution in [0.25, 0.3) is 6.08 Å². The van der Waals surface area contributed by atoms with Crippen LogP contribution in [0.15, 0.2) is 23.1 Å². The van der Waals surface area contributed by atoms with Crippen molar-refractivity contribution in [2.75, 3.05) is 53.2 Å². The summed E-state index contributed by atoms with van der Waals surface area (Å²) in [5, 5.41) is -0.539. The molecule has 32 heavy (non-hydrogen) atoms. The lowest BCUT2D eigenvalue weighted by Crippen LogP contribution is -2.43. The first kappa shape index (κ1) is 23.6. The molecule has 2 aliphatic rings. The zero-order valence-corrected chi connectivity index (χ0v) is 18.6. The van der Waals surface area contributed by atoms with Crippen LogP contribution in [-0.2, 0) is 23.9 Å². The molecule has 172 valence electrons. The Morgan fingerprint density at radius 1 is 1.19 bits per heavy atom. The maximum Gasteiger partial charge on any atom is 0.326 e. The highest BCUT2D eigenvalue weighted by molar-refractivity contribution is 8.18. The van der Waals surface area contributed by atoms with Gasteiger partial charge in [-0.25, -0.2) is 0 Å². The Kier molecular flexibility index (Phi) is 8.12. The first-order chi connectivity index (χ1) is 15.4. The highest BCUT2D eigenvalue weighted by Gasteiger charge is 2.36. The monoisotopic (exact) mass is 464 g/mol. The molecule has 2 fully saturated rings. The van der Waals surface area contributed by atoms with Crippen molar-refractivity contribution in [1.29, 1.82) is 0 Å². The number of rotatable bonds is 8. The quantitative estimate of drug-likeness (QED) is 0.418. The molecule has 1 aromatic rings. The van der Waals surface area contributed by atoms with Gasteiger partial charge in [-0.2, -0.15) is 0 Å². The Morgan fingerprint density at radius 3 is 2.62 bits per heavy atom. The van der Waals surface area contributed by atoms with Gasteiger partial charge >= 0.3 is 5.97 Å². The Balaban J connectivity index is 1.66. The maximum absolute atomic E-state index is 12.5. The standard InChI is InChI=1S/C21H24N2O8S/c1-3-30-19(25)12-23-20(26)17(32-21(23)27)11-14-4-5-15(16(10-14)28-2)31-13-18(24)22-6-8-29-9-7-22/h4-5,10-11H,3,6-9,12-13H2,1-2H3/b17-11-. The van der Waals surface area contributed by atoms with E-state index >= 15 is 0 Å². The normalized spacial score (nSPS) is 17.6. The number of esters is 1.